The molecular formula is C17H12ClF4NO2. The Hall–Kier alpha value is -2.28. The lowest BCUT2D eigenvalue weighted by Crippen LogP contribution is -2.33. The van der Waals surface area contributed by atoms with Gasteiger partial charge in [0.2, 0.25) is 5.91 Å². The molecule has 1 atom stereocenters. The number of carbonyl (C=O) groups excluding carboxylic acids is 1. The first kappa shape index (κ1) is 17.5. The molecule has 0 spiro atoms. The summed E-state index contributed by atoms with van der Waals surface area (Å²) in [5, 5.41) is 2.55. The van der Waals surface area contributed by atoms with Gasteiger partial charge < -0.3 is 10.1 Å². The lowest BCUT2D eigenvalue weighted by molar-refractivity contribution is -0.274. The van der Waals surface area contributed by atoms with Gasteiger partial charge in [0.25, 0.3) is 0 Å². The number of benzene rings is 2. The summed E-state index contributed by atoms with van der Waals surface area (Å²) in [5.41, 5.74) is 0.232. The van der Waals surface area contributed by atoms with Gasteiger partial charge in [-0.3, -0.25) is 4.79 Å². The number of nitrogens with one attached hydrogen (secondary N) is 1. The van der Waals surface area contributed by atoms with Crippen LogP contribution in [0, 0.1) is 5.82 Å². The van der Waals surface area contributed by atoms with Crippen LogP contribution in [0.4, 0.5) is 23.2 Å². The summed E-state index contributed by atoms with van der Waals surface area (Å²) < 4.78 is 54.5. The van der Waals surface area contributed by atoms with Crippen molar-refractivity contribution in [3.05, 3.63) is 58.4 Å². The Morgan fingerprint density at radius 3 is 2.56 bits per heavy atom. The van der Waals surface area contributed by atoms with E-state index in [1.54, 1.807) is 6.92 Å². The van der Waals surface area contributed by atoms with Crippen LogP contribution in [0.1, 0.15) is 18.1 Å². The molecule has 0 bridgehead atoms. The van der Waals surface area contributed by atoms with Gasteiger partial charge in [0.05, 0.1) is 10.4 Å². The molecule has 1 amide bonds. The molecule has 1 heterocycles. The SMILES string of the molecule is CC1(Cc2ccc(F)c(Cl)c2)C(=O)Nc2ccc(OC(F)(F)F)cc21. The number of alkyl halides is 3. The van der Waals surface area contributed by atoms with Crippen molar-refractivity contribution in [2.45, 2.75) is 25.1 Å². The van der Waals surface area contributed by atoms with Gasteiger partial charge in [0, 0.05) is 5.69 Å². The van der Waals surface area contributed by atoms with E-state index in [-0.39, 0.29) is 17.4 Å². The standard InChI is InChI=1S/C17H12ClF4NO2/c1-16(8-9-2-4-13(19)12(18)6-9)11-7-10(25-17(20,21)22)3-5-14(11)23-15(16)24/h2-7H,8H2,1H3,(H,23,24). The van der Waals surface area contributed by atoms with Gasteiger partial charge in [-0.25, -0.2) is 4.39 Å². The molecule has 3 nitrogen and oxygen atoms in total. The molecule has 0 aliphatic carbocycles. The normalized spacial score (nSPS) is 19.5. The average Bonchev–Trinajstić information content (AvgIpc) is 2.73. The molecule has 0 radical (unpaired) electrons. The van der Waals surface area contributed by atoms with Crippen LogP contribution in [-0.4, -0.2) is 12.3 Å². The molecule has 0 saturated heterocycles. The van der Waals surface area contributed by atoms with E-state index in [4.69, 9.17) is 11.6 Å². The van der Waals surface area contributed by atoms with Crippen molar-refractivity contribution < 1.29 is 27.1 Å². The number of ether oxygens (including phenoxy) is 1. The molecule has 25 heavy (non-hydrogen) atoms. The fourth-order valence-electron chi connectivity index (χ4n) is 2.90. The molecule has 3 rings (SSSR count). The van der Waals surface area contributed by atoms with Gasteiger partial charge in [-0.1, -0.05) is 17.7 Å². The van der Waals surface area contributed by atoms with Gasteiger partial charge in [-0.05, 0) is 54.8 Å². The number of carbonyl (C=O) groups is 1. The molecule has 2 aromatic carbocycles. The lowest BCUT2D eigenvalue weighted by Gasteiger charge is -2.23. The molecule has 0 aromatic heterocycles. The fraction of sp³-hybridized carbons (Fsp3) is 0.235. The Morgan fingerprint density at radius 1 is 1.20 bits per heavy atom. The van der Waals surface area contributed by atoms with Crippen molar-refractivity contribution in [1.29, 1.82) is 0 Å². The molecule has 1 N–H and O–H groups in total. The number of hydrogen-bond donors (Lipinski definition) is 1. The van der Waals surface area contributed by atoms with Crippen molar-refractivity contribution in [3.8, 4) is 5.75 Å². The number of anilines is 1. The third-order valence-electron chi connectivity index (χ3n) is 4.11. The Bertz CT molecular complexity index is 853. The Balaban J connectivity index is 1.98. The summed E-state index contributed by atoms with van der Waals surface area (Å²) in [5.74, 6) is -1.37. The molecule has 2 aromatic rings. The van der Waals surface area contributed by atoms with Crippen LogP contribution >= 0.6 is 11.6 Å². The van der Waals surface area contributed by atoms with E-state index in [2.05, 4.69) is 10.1 Å². The first-order chi connectivity index (χ1) is 11.6. The van der Waals surface area contributed by atoms with Crippen molar-refractivity contribution in [2.75, 3.05) is 5.32 Å². The summed E-state index contributed by atoms with van der Waals surface area (Å²) in [6, 6.07) is 7.73. The second kappa shape index (κ2) is 5.91. The molecule has 1 aliphatic rings. The zero-order valence-electron chi connectivity index (χ0n) is 12.9. The summed E-state index contributed by atoms with van der Waals surface area (Å²) >= 11 is 5.76. The number of rotatable bonds is 3. The molecule has 0 saturated carbocycles. The predicted octanol–water partition coefficient (Wildman–Crippen LogP) is 4.83. The Morgan fingerprint density at radius 2 is 1.92 bits per heavy atom. The van der Waals surface area contributed by atoms with Crippen molar-refractivity contribution in [1.82, 2.24) is 0 Å². The first-order valence-electron chi connectivity index (χ1n) is 7.24. The second-order valence-corrected chi connectivity index (χ2v) is 6.37. The smallest absolute Gasteiger partial charge is 0.406 e. The van der Waals surface area contributed by atoms with Crippen LogP contribution in [0.2, 0.25) is 5.02 Å². The maximum absolute atomic E-state index is 13.3. The lowest BCUT2D eigenvalue weighted by atomic mass is 9.78. The Labute approximate surface area is 145 Å². The largest absolute Gasteiger partial charge is 0.573 e. The monoisotopic (exact) mass is 373 g/mol. The third kappa shape index (κ3) is 3.42. The minimum absolute atomic E-state index is 0.0890. The minimum atomic E-state index is -4.83. The topological polar surface area (TPSA) is 38.3 Å². The molecule has 8 heteroatoms. The maximum Gasteiger partial charge on any atom is 0.573 e. The van der Waals surface area contributed by atoms with E-state index in [1.165, 1.54) is 30.3 Å². The molecule has 1 unspecified atom stereocenters. The van der Waals surface area contributed by atoms with Crippen molar-refractivity contribution in [2.24, 2.45) is 0 Å². The number of hydrogen-bond acceptors (Lipinski definition) is 2. The summed E-state index contributed by atoms with van der Waals surface area (Å²) in [7, 11) is 0. The molecule has 132 valence electrons. The first-order valence-corrected chi connectivity index (χ1v) is 7.62. The zero-order valence-corrected chi connectivity index (χ0v) is 13.6. The quantitative estimate of drug-likeness (QED) is 0.782. The van der Waals surface area contributed by atoms with E-state index in [0.29, 0.717) is 16.8 Å². The number of amides is 1. The van der Waals surface area contributed by atoms with Crippen molar-refractivity contribution >= 4 is 23.2 Å². The van der Waals surface area contributed by atoms with E-state index >= 15 is 0 Å². The van der Waals surface area contributed by atoms with Gasteiger partial charge in [-0.2, -0.15) is 0 Å². The summed E-state index contributed by atoms with van der Waals surface area (Å²) in [6.45, 7) is 1.60. The maximum atomic E-state index is 13.3. The van der Waals surface area contributed by atoms with Crippen molar-refractivity contribution in [3.63, 3.8) is 0 Å². The molecular weight excluding hydrogens is 362 g/mol. The van der Waals surface area contributed by atoms with Gasteiger partial charge in [0.15, 0.2) is 0 Å². The van der Waals surface area contributed by atoms with E-state index in [1.807, 2.05) is 0 Å². The summed E-state index contributed by atoms with van der Waals surface area (Å²) in [6.07, 6.45) is -4.69. The van der Waals surface area contributed by atoms with Crippen LogP contribution in [0.5, 0.6) is 5.75 Å². The number of halogens is 5. The highest BCUT2D eigenvalue weighted by Gasteiger charge is 2.43. The average molecular weight is 374 g/mol. The van der Waals surface area contributed by atoms with E-state index in [0.717, 1.165) is 6.07 Å². The van der Waals surface area contributed by atoms with Crippen LogP contribution in [-0.2, 0) is 16.6 Å². The van der Waals surface area contributed by atoms with Crippen LogP contribution in [0.3, 0.4) is 0 Å². The highest BCUT2D eigenvalue weighted by atomic mass is 35.5. The van der Waals surface area contributed by atoms with Crippen LogP contribution in [0.25, 0.3) is 0 Å². The van der Waals surface area contributed by atoms with Gasteiger partial charge in [0.1, 0.15) is 11.6 Å². The highest BCUT2D eigenvalue weighted by molar-refractivity contribution is 6.30. The van der Waals surface area contributed by atoms with Gasteiger partial charge in [-0.15, -0.1) is 13.2 Å². The molecule has 0 fully saturated rings. The second-order valence-electron chi connectivity index (χ2n) is 5.97. The van der Waals surface area contributed by atoms with E-state index < -0.39 is 23.3 Å². The zero-order chi connectivity index (χ0) is 18.4. The molecule has 1 aliphatic heterocycles. The fourth-order valence-corrected chi connectivity index (χ4v) is 3.11. The van der Waals surface area contributed by atoms with Crippen LogP contribution < -0.4 is 10.1 Å². The minimum Gasteiger partial charge on any atom is -0.406 e. The van der Waals surface area contributed by atoms with E-state index in [9.17, 15) is 22.4 Å². The highest BCUT2D eigenvalue weighted by Crippen LogP contribution is 2.42. The summed E-state index contributed by atoms with van der Waals surface area (Å²) in [4.78, 5) is 12.4. The predicted molar refractivity (Wildman–Crippen MR) is 84.2 cm³/mol. The Kier molecular flexibility index (Phi) is 4.15. The van der Waals surface area contributed by atoms with Gasteiger partial charge >= 0.3 is 6.36 Å². The van der Waals surface area contributed by atoms with Crippen LogP contribution in [0.15, 0.2) is 36.4 Å². The third-order valence-corrected chi connectivity index (χ3v) is 4.40. The number of fused-ring (bicyclic) bond motifs is 1.